The minimum atomic E-state index is -0.977. The van der Waals surface area contributed by atoms with Crippen molar-refractivity contribution < 1.29 is 14.6 Å². The van der Waals surface area contributed by atoms with Crippen molar-refractivity contribution in [3.63, 3.8) is 0 Å². The molecule has 0 aromatic heterocycles. The summed E-state index contributed by atoms with van der Waals surface area (Å²) in [6, 6.07) is 0. The van der Waals surface area contributed by atoms with Gasteiger partial charge in [-0.15, -0.1) is 0 Å². The van der Waals surface area contributed by atoms with Crippen LogP contribution in [0.2, 0.25) is 0 Å². The van der Waals surface area contributed by atoms with Crippen LogP contribution >= 0.6 is 0 Å². The highest BCUT2D eigenvalue weighted by atomic mass is 16.5. The Morgan fingerprint density at radius 2 is 1.42 bits per heavy atom. The molecule has 0 bridgehead atoms. The molecule has 0 saturated carbocycles. The fraction of sp³-hybridized carbons (Fsp3) is 0.812. The van der Waals surface area contributed by atoms with Gasteiger partial charge in [0.05, 0.1) is 7.11 Å². The summed E-state index contributed by atoms with van der Waals surface area (Å²) < 4.78 is 4.77. The van der Waals surface area contributed by atoms with E-state index in [2.05, 4.69) is 6.92 Å². The van der Waals surface area contributed by atoms with Crippen molar-refractivity contribution in [3.05, 3.63) is 11.8 Å². The zero-order valence-electron chi connectivity index (χ0n) is 12.6. The van der Waals surface area contributed by atoms with Gasteiger partial charge in [-0.3, -0.25) is 0 Å². The van der Waals surface area contributed by atoms with Crippen molar-refractivity contribution in [3.8, 4) is 0 Å². The van der Waals surface area contributed by atoms with Crippen LogP contribution in [0.1, 0.15) is 77.6 Å². The molecule has 19 heavy (non-hydrogen) atoms. The second-order valence-electron chi connectivity index (χ2n) is 5.05. The Hall–Kier alpha value is -0.990. The van der Waals surface area contributed by atoms with Gasteiger partial charge in [-0.25, -0.2) is 4.79 Å². The van der Waals surface area contributed by atoms with Gasteiger partial charge in [0, 0.05) is 0 Å². The third-order valence-corrected chi connectivity index (χ3v) is 3.32. The van der Waals surface area contributed by atoms with E-state index in [1.807, 2.05) is 0 Å². The zero-order valence-corrected chi connectivity index (χ0v) is 12.6. The largest absolute Gasteiger partial charge is 0.490 e. The number of unbranched alkanes of at least 4 members (excludes halogenated alkanes) is 10. The van der Waals surface area contributed by atoms with Crippen LogP contribution < -0.4 is 0 Å². The van der Waals surface area contributed by atoms with Gasteiger partial charge in [-0.05, 0) is 18.9 Å². The molecule has 3 nitrogen and oxygen atoms in total. The molecule has 0 spiro atoms. The molecule has 0 unspecified atom stereocenters. The van der Waals surface area contributed by atoms with Crippen LogP contribution in [0.4, 0.5) is 0 Å². The molecule has 0 aliphatic heterocycles. The molecule has 0 aliphatic carbocycles. The molecule has 112 valence electrons. The third-order valence-electron chi connectivity index (χ3n) is 3.32. The van der Waals surface area contributed by atoms with Crippen LogP contribution in [0, 0.1) is 0 Å². The predicted molar refractivity (Wildman–Crippen MR) is 79.2 cm³/mol. The summed E-state index contributed by atoms with van der Waals surface area (Å²) in [5, 5.41) is 8.74. The quantitative estimate of drug-likeness (QED) is 0.294. The van der Waals surface area contributed by atoms with Gasteiger partial charge in [-0.1, -0.05) is 64.7 Å². The molecule has 0 aromatic rings. The van der Waals surface area contributed by atoms with Gasteiger partial charge in [0.2, 0.25) is 0 Å². The van der Waals surface area contributed by atoms with E-state index >= 15 is 0 Å². The molecular weight excluding hydrogens is 240 g/mol. The van der Waals surface area contributed by atoms with Crippen LogP contribution in [0.5, 0.6) is 0 Å². The summed E-state index contributed by atoms with van der Waals surface area (Å²) in [4.78, 5) is 10.7. The fourth-order valence-electron chi connectivity index (χ4n) is 2.12. The average Bonchev–Trinajstić information content (AvgIpc) is 2.40. The Morgan fingerprint density at radius 1 is 0.947 bits per heavy atom. The first-order valence-corrected chi connectivity index (χ1v) is 7.69. The van der Waals surface area contributed by atoms with E-state index in [0.717, 1.165) is 12.8 Å². The molecule has 3 heteroatoms. The highest BCUT2D eigenvalue weighted by Crippen LogP contribution is 2.12. The minimum absolute atomic E-state index is 0.0657. The lowest BCUT2D eigenvalue weighted by molar-refractivity contribution is -0.136. The number of rotatable bonds is 13. The lowest BCUT2D eigenvalue weighted by Crippen LogP contribution is -2.02. The van der Waals surface area contributed by atoms with E-state index in [0.29, 0.717) is 0 Å². The van der Waals surface area contributed by atoms with Gasteiger partial charge in [-0.2, -0.15) is 0 Å². The number of hydrogen-bond acceptors (Lipinski definition) is 2. The number of aliphatic carboxylic acids is 1. The molecule has 0 aliphatic rings. The lowest BCUT2D eigenvalue weighted by atomic mass is 10.1. The summed E-state index contributed by atoms with van der Waals surface area (Å²) in [7, 11) is 1.40. The Bertz CT molecular complexity index is 246. The van der Waals surface area contributed by atoms with Gasteiger partial charge in [0.15, 0.2) is 5.76 Å². The molecule has 1 N–H and O–H groups in total. The molecule has 0 heterocycles. The van der Waals surface area contributed by atoms with E-state index in [1.165, 1.54) is 64.9 Å². The van der Waals surface area contributed by atoms with E-state index in [-0.39, 0.29) is 5.76 Å². The Morgan fingerprint density at radius 3 is 1.84 bits per heavy atom. The Balaban J connectivity index is 3.29. The van der Waals surface area contributed by atoms with Crippen molar-refractivity contribution in [1.82, 2.24) is 0 Å². The SMILES string of the molecule is CCCCCCCCCCCC/C=C(\OC)C(=O)O. The summed E-state index contributed by atoms with van der Waals surface area (Å²) >= 11 is 0. The van der Waals surface area contributed by atoms with Crippen molar-refractivity contribution in [2.75, 3.05) is 7.11 Å². The van der Waals surface area contributed by atoms with Crippen LogP contribution in [0.3, 0.4) is 0 Å². The van der Waals surface area contributed by atoms with Crippen molar-refractivity contribution in [2.24, 2.45) is 0 Å². The number of carbonyl (C=O) groups is 1. The summed E-state index contributed by atoms with van der Waals surface area (Å²) in [6.07, 6.45) is 15.4. The Labute approximate surface area is 118 Å². The van der Waals surface area contributed by atoms with Crippen LogP contribution in [-0.2, 0) is 9.53 Å². The summed E-state index contributed by atoms with van der Waals surface area (Å²) in [5.41, 5.74) is 0. The summed E-state index contributed by atoms with van der Waals surface area (Å²) in [5.74, 6) is -0.912. The van der Waals surface area contributed by atoms with E-state index in [4.69, 9.17) is 9.84 Å². The van der Waals surface area contributed by atoms with Crippen molar-refractivity contribution in [2.45, 2.75) is 77.6 Å². The van der Waals surface area contributed by atoms with Crippen LogP contribution in [0.25, 0.3) is 0 Å². The summed E-state index contributed by atoms with van der Waals surface area (Å²) in [6.45, 7) is 2.24. The number of carboxylic acid groups (broad SMARTS) is 1. The molecule has 0 saturated heterocycles. The monoisotopic (exact) mass is 270 g/mol. The number of ether oxygens (including phenoxy) is 1. The number of carboxylic acids is 1. The van der Waals surface area contributed by atoms with E-state index in [1.54, 1.807) is 6.08 Å². The standard InChI is InChI=1S/C16H30O3/c1-3-4-5-6-7-8-9-10-11-12-13-14-15(19-2)16(17)18/h14H,3-13H2,1-2H3,(H,17,18)/b15-14-. The van der Waals surface area contributed by atoms with E-state index in [9.17, 15) is 4.79 Å². The normalized spacial score (nSPS) is 11.6. The lowest BCUT2D eigenvalue weighted by Gasteiger charge is -2.02. The van der Waals surface area contributed by atoms with Crippen molar-refractivity contribution >= 4 is 5.97 Å². The molecule has 0 atom stereocenters. The van der Waals surface area contributed by atoms with Gasteiger partial charge < -0.3 is 9.84 Å². The van der Waals surface area contributed by atoms with Gasteiger partial charge >= 0.3 is 5.97 Å². The smallest absolute Gasteiger partial charge is 0.370 e. The number of hydrogen-bond donors (Lipinski definition) is 1. The second-order valence-corrected chi connectivity index (χ2v) is 5.05. The van der Waals surface area contributed by atoms with Gasteiger partial charge in [0.25, 0.3) is 0 Å². The average molecular weight is 270 g/mol. The van der Waals surface area contributed by atoms with Crippen LogP contribution in [0.15, 0.2) is 11.8 Å². The first-order valence-electron chi connectivity index (χ1n) is 7.69. The number of allylic oxidation sites excluding steroid dienone is 1. The van der Waals surface area contributed by atoms with E-state index < -0.39 is 5.97 Å². The molecule has 0 radical (unpaired) electrons. The maximum Gasteiger partial charge on any atom is 0.370 e. The Kier molecular flexibility index (Phi) is 12.7. The maximum absolute atomic E-state index is 10.7. The highest BCUT2D eigenvalue weighted by Gasteiger charge is 2.04. The molecule has 0 amide bonds. The maximum atomic E-state index is 10.7. The molecular formula is C16H30O3. The molecule has 0 aromatic carbocycles. The van der Waals surface area contributed by atoms with Gasteiger partial charge in [0.1, 0.15) is 0 Å². The topological polar surface area (TPSA) is 46.5 Å². The molecule has 0 rings (SSSR count). The minimum Gasteiger partial charge on any atom is -0.490 e. The highest BCUT2D eigenvalue weighted by molar-refractivity contribution is 5.84. The van der Waals surface area contributed by atoms with Crippen molar-refractivity contribution in [1.29, 1.82) is 0 Å². The molecule has 0 fully saturated rings. The number of methoxy groups -OCH3 is 1. The predicted octanol–water partition coefficient (Wildman–Crippen LogP) is 4.91. The first-order chi connectivity index (χ1) is 9.22. The van der Waals surface area contributed by atoms with Crippen LogP contribution in [-0.4, -0.2) is 18.2 Å². The third kappa shape index (κ3) is 11.8. The zero-order chi connectivity index (χ0) is 14.3. The fourth-order valence-corrected chi connectivity index (χ4v) is 2.12. The first kappa shape index (κ1) is 18.0. The second kappa shape index (κ2) is 13.4.